The summed E-state index contributed by atoms with van der Waals surface area (Å²) in [5.41, 5.74) is 2.89. The average Bonchev–Trinajstić information content (AvgIpc) is 2.48. The van der Waals surface area contributed by atoms with E-state index in [0.29, 0.717) is 11.0 Å². The molecule has 2 aromatic carbocycles. The van der Waals surface area contributed by atoms with Gasteiger partial charge in [-0.15, -0.1) is 0 Å². The van der Waals surface area contributed by atoms with Crippen molar-refractivity contribution in [3.63, 3.8) is 0 Å². The molecule has 1 heterocycles. The van der Waals surface area contributed by atoms with Crippen molar-refractivity contribution in [3.05, 3.63) is 53.2 Å². The standard InChI is InChI=1S/C16H13ClN2O/c1-10-4-3-5-13-14(10)18-16(19-15(13)17)11-6-8-12(20-2)9-7-11/h3-9H,1-2H3. The Labute approximate surface area is 122 Å². The van der Waals surface area contributed by atoms with Crippen molar-refractivity contribution in [2.45, 2.75) is 6.92 Å². The van der Waals surface area contributed by atoms with E-state index in [1.807, 2.05) is 49.4 Å². The van der Waals surface area contributed by atoms with E-state index in [9.17, 15) is 0 Å². The van der Waals surface area contributed by atoms with Crippen molar-refractivity contribution in [2.24, 2.45) is 0 Å². The van der Waals surface area contributed by atoms with Gasteiger partial charge in [0.05, 0.1) is 12.6 Å². The van der Waals surface area contributed by atoms with Gasteiger partial charge in [-0.25, -0.2) is 9.97 Å². The number of rotatable bonds is 2. The van der Waals surface area contributed by atoms with Gasteiger partial charge in [-0.05, 0) is 42.8 Å². The van der Waals surface area contributed by atoms with Crippen LogP contribution in [0, 0.1) is 6.92 Å². The molecule has 0 atom stereocenters. The van der Waals surface area contributed by atoms with Gasteiger partial charge in [0.1, 0.15) is 10.9 Å². The fourth-order valence-electron chi connectivity index (χ4n) is 2.13. The maximum absolute atomic E-state index is 6.27. The van der Waals surface area contributed by atoms with Gasteiger partial charge in [0.2, 0.25) is 0 Å². The molecule has 3 nitrogen and oxygen atoms in total. The summed E-state index contributed by atoms with van der Waals surface area (Å²) < 4.78 is 5.15. The molecule has 20 heavy (non-hydrogen) atoms. The van der Waals surface area contributed by atoms with Crippen LogP contribution in [-0.4, -0.2) is 17.1 Å². The van der Waals surface area contributed by atoms with Crippen LogP contribution >= 0.6 is 11.6 Å². The third kappa shape index (κ3) is 2.21. The van der Waals surface area contributed by atoms with Crippen LogP contribution in [0.25, 0.3) is 22.3 Å². The lowest BCUT2D eigenvalue weighted by atomic mass is 10.1. The monoisotopic (exact) mass is 284 g/mol. The van der Waals surface area contributed by atoms with E-state index in [1.54, 1.807) is 7.11 Å². The zero-order valence-corrected chi connectivity index (χ0v) is 12.0. The molecule has 0 fully saturated rings. The molecular formula is C16H13ClN2O. The van der Waals surface area contributed by atoms with Crippen LogP contribution in [0.2, 0.25) is 5.15 Å². The van der Waals surface area contributed by atoms with E-state index < -0.39 is 0 Å². The summed E-state index contributed by atoms with van der Waals surface area (Å²) in [4.78, 5) is 9.01. The van der Waals surface area contributed by atoms with Crippen LogP contribution in [0.5, 0.6) is 5.75 Å². The average molecular weight is 285 g/mol. The predicted molar refractivity (Wildman–Crippen MR) is 81.3 cm³/mol. The maximum atomic E-state index is 6.27. The molecule has 0 aliphatic heterocycles. The van der Waals surface area contributed by atoms with Crippen molar-refractivity contribution in [3.8, 4) is 17.1 Å². The molecule has 0 unspecified atom stereocenters. The highest BCUT2D eigenvalue weighted by molar-refractivity contribution is 6.34. The van der Waals surface area contributed by atoms with Crippen molar-refractivity contribution in [1.82, 2.24) is 9.97 Å². The zero-order valence-electron chi connectivity index (χ0n) is 11.2. The zero-order chi connectivity index (χ0) is 14.1. The fourth-order valence-corrected chi connectivity index (χ4v) is 2.36. The summed E-state index contributed by atoms with van der Waals surface area (Å²) in [5, 5.41) is 1.36. The van der Waals surface area contributed by atoms with E-state index >= 15 is 0 Å². The molecule has 4 heteroatoms. The minimum atomic E-state index is 0.476. The van der Waals surface area contributed by atoms with Gasteiger partial charge in [0.15, 0.2) is 5.82 Å². The fraction of sp³-hybridized carbons (Fsp3) is 0.125. The van der Waals surface area contributed by atoms with Crippen molar-refractivity contribution < 1.29 is 4.74 Å². The largest absolute Gasteiger partial charge is 0.497 e. The third-order valence-corrected chi connectivity index (χ3v) is 3.52. The summed E-state index contributed by atoms with van der Waals surface area (Å²) in [6, 6.07) is 13.5. The Balaban J connectivity index is 2.18. The Morgan fingerprint density at radius 1 is 1.00 bits per heavy atom. The number of aromatic nitrogens is 2. The van der Waals surface area contributed by atoms with Gasteiger partial charge in [0, 0.05) is 10.9 Å². The Morgan fingerprint density at radius 2 is 1.75 bits per heavy atom. The molecule has 0 saturated heterocycles. The van der Waals surface area contributed by atoms with Gasteiger partial charge in [0.25, 0.3) is 0 Å². The molecule has 0 aliphatic rings. The van der Waals surface area contributed by atoms with E-state index in [4.69, 9.17) is 16.3 Å². The van der Waals surface area contributed by atoms with Gasteiger partial charge in [-0.3, -0.25) is 0 Å². The molecule has 0 saturated carbocycles. The highest BCUT2D eigenvalue weighted by Gasteiger charge is 2.09. The lowest BCUT2D eigenvalue weighted by Crippen LogP contribution is -1.93. The molecule has 0 spiro atoms. The second-order valence-corrected chi connectivity index (χ2v) is 4.90. The molecule has 0 aliphatic carbocycles. The molecule has 3 rings (SSSR count). The molecule has 0 radical (unpaired) electrons. The smallest absolute Gasteiger partial charge is 0.161 e. The summed E-state index contributed by atoms with van der Waals surface area (Å²) >= 11 is 6.27. The highest BCUT2D eigenvalue weighted by atomic mass is 35.5. The molecule has 1 aromatic heterocycles. The molecule has 0 N–H and O–H groups in total. The van der Waals surface area contributed by atoms with Crippen molar-refractivity contribution in [2.75, 3.05) is 7.11 Å². The third-order valence-electron chi connectivity index (χ3n) is 3.23. The number of aryl methyl sites for hydroxylation is 1. The SMILES string of the molecule is COc1ccc(-c2nc(Cl)c3cccc(C)c3n2)cc1. The molecule has 100 valence electrons. The first-order valence-electron chi connectivity index (χ1n) is 6.26. The topological polar surface area (TPSA) is 35.0 Å². The summed E-state index contributed by atoms with van der Waals surface area (Å²) in [6.45, 7) is 2.02. The number of ether oxygens (including phenoxy) is 1. The van der Waals surface area contributed by atoms with E-state index in [0.717, 1.165) is 27.8 Å². The molecule has 3 aromatic rings. The predicted octanol–water partition coefficient (Wildman–Crippen LogP) is 4.27. The van der Waals surface area contributed by atoms with Gasteiger partial charge >= 0.3 is 0 Å². The van der Waals surface area contributed by atoms with Gasteiger partial charge < -0.3 is 4.74 Å². The van der Waals surface area contributed by atoms with Crippen molar-refractivity contribution in [1.29, 1.82) is 0 Å². The number of methoxy groups -OCH3 is 1. The number of halogens is 1. The minimum Gasteiger partial charge on any atom is -0.497 e. The number of fused-ring (bicyclic) bond motifs is 1. The normalized spacial score (nSPS) is 10.8. The van der Waals surface area contributed by atoms with Gasteiger partial charge in [-0.2, -0.15) is 0 Å². The number of nitrogens with zero attached hydrogens (tertiary/aromatic N) is 2. The lowest BCUT2D eigenvalue weighted by molar-refractivity contribution is 0.415. The minimum absolute atomic E-state index is 0.476. The van der Waals surface area contributed by atoms with Crippen LogP contribution in [0.15, 0.2) is 42.5 Å². The van der Waals surface area contributed by atoms with Crippen LogP contribution in [0.1, 0.15) is 5.56 Å². The number of hydrogen-bond donors (Lipinski definition) is 0. The Morgan fingerprint density at radius 3 is 2.45 bits per heavy atom. The second-order valence-electron chi connectivity index (χ2n) is 4.54. The van der Waals surface area contributed by atoms with Gasteiger partial charge in [-0.1, -0.05) is 23.7 Å². The highest BCUT2D eigenvalue weighted by Crippen LogP contribution is 2.27. The van der Waals surface area contributed by atoms with E-state index in [-0.39, 0.29) is 0 Å². The number of para-hydroxylation sites is 1. The summed E-state index contributed by atoms with van der Waals surface area (Å²) in [7, 11) is 1.64. The van der Waals surface area contributed by atoms with E-state index in [1.165, 1.54) is 0 Å². The second kappa shape index (κ2) is 5.10. The quantitative estimate of drug-likeness (QED) is 0.659. The molecular weight excluding hydrogens is 272 g/mol. The van der Waals surface area contributed by atoms with Crippen molar-refractivity contribution >= 4 is 22.5 Å². The van der Waals surface area contributed by atoms with Crippen LogP contribution in [0.3, 0.4) is 0 Å². The first-order chi connectivity index (χ1) is 9.69. The maximum Gasteiger partial charge on any atom is 0.161 e. The Kier molecular flexibility index (Phi) is 3.28. The summed E-state index contributed by atoms with van der Waals surface area (Å²) in [5.74, 6) is 1.43. The first-order valence-corrected chi connectivity index (χ1v) is 6.64. The lowest BCUT2D eigenvalue weighted by Gasteiger charge is -2.07. The van der Waals surface area contributed by atoms with Crippen LogP contribution in [-0.2, 0) is 0 Å². The number of benzene rings is 2. The summed E-state index contributed by atoms with van der Waals surface area (Å²) in [6.07, 6.45) is 0. The van der Waals surface area contributed by atoms with E-state index in [2.05, 4.69) is 9.97 Å². The molecule has 0 bridgehead atoms. The van der Waals surface area contributed by atoms with Crippen LogP contribution in [0.4, 0.5) is 0 Å². The Hall–Kier alpha value is -2.13. The first kappa shape index (κ1) is 12.9. The Bertz CT molecular complexity index is 769. The number of hydrogen-bond acceptors (Lipinski definition) is 3. The van der Waals surface area contributed by atoms with Crippen LogP contribution < -0.4 is 4.74 Å². The molecule has 0 amide bonds.